The Bertz CT molecular complexity index is 3950. The van der Waals surface area contributed by atoms with Crippen LogP contribution in [0.2, 0.25) is 0 Å². The van der Waals surface area contributed by atoms with E-state index in [-0.39, 0.29) is 0 Å². The van der Waals surface area contributed by atoms with Gasteiger partial charge in [-0.05, 0) is 85.3 Å². The third-order valence-corrected chi connectivity index (χ3v) is 13.2. The molecular weight excluding hydrogens is 813 g/mol. The zero-order valence-electron chi connectivity index (χ0n) is 36.4. The maximum absolute atomic E-state index is 5.43. The number of aromatic nitrogens is 4. The second kappa shape index (κ2) is 15.9. The summed E-state index contributed by atoms with van der Waals surface area (Å²) in [6.45, 7) is 0. The van der Waals surface area contributed by atoms with E-state index in [0.717, 1.165) is 60.9 Å². The van der Waals surface area contributed by atoms with Crippen molar-refractivity contribution in [1.29, 1.82) is 0 Å². The van der Waals surface area contributed by atoms with Crippen LogP contribution in [0.25, 0.3) is 127 Å². The first-order chi connectivity index (χ1) is 33.2. The van der Waals surface area contributed by atoms with E-state index in [1.54, 1.807) is 0 Å². The van der Waals surface area contributed by atoms with Crippen LogP contribution in [0.1, 0.15) is 0 Å². The molecule has 0 atom stereocenters. The summed E-state index contributed by atoms with van der Waals surface area (Å²) in [6.07, 6.45) is 0. The van der Waals surface area contributed by atoms with Crippen LogP contribution in [0.15, 0.2) is 243 Å². The summed E-state index contributed by atoms with van der Waals surface area (Å²) in [5.74, 6) is 1.85. The predicted octanol–water partition coefficient (Wildman–Crippen LogP) is 16.4. The first-order valence-electron chi connectivity index (χ1n) is 22.8. The number of benzene rings is 11. The lowest BCUT2D eigenvalue weighted by atomic mass is 9.89. The molecule has 4 heteroatoms. The van der Waals surface area contributed by atoms with Crippen LogP contribution < -0.4 is 0 Å². The van der Waals surface area contributed by atoms with E-state index in [0.29, 0.717) is 17.5 Å². The van der Waals surface area contributed by atoms with Crippen molar-refractivity contribution in [3.63, 3.8) is 0 Å². The molecule has 2 aromatic heterocycles. The van der Waals surface area contributed by atoms with Crippen molar-refractivity contribution in [2.45, 2.75) is 0 Å². The lowest BCUT2D eigenvalue weighted by Crippen LogP contribution is -2.04. The molecular formula is C63H40N4. The van der Waals surface area contributed by atoms with Crippen molar-refractivity contribution in [2.75, 3.05) is 0 Å². The van der Waals surface area contributed by atoms with Gasteiger partial charge in [-0.15, -0.1) is 0 Å². The Morgan fingerprint density at radius 2 is 0.776 bits per heavy atom. The Morgan fingerprint density at radius 3 is 1.45 bits per heavy atom. The molecule has 0 fully saturated rings. The molecule has 312 valence electrons. The van der Waals surface area contributed by atoms with E-state index in [9.17, 15) is 0 Å². The van der Waals surface area contributed by atoms with Gasteiger partial charge in [0.2, 0.25) is 0 Å². The lowest BCUT2D eigenvalue weighted by Gasteiger charge is -2.21. The molecule has 0 aliphatic heterocycles. The molecule has 0 saturated carbocycles. The summed E-state index contributed by atoms with van der Waals surface area (Å²) < 4.78 is 2.52. The normalized spacial score (nSPS) is 11.6. The third kappa shape index (κ3) is 6.65. The van der Waals surface area contributed by atoms with Gasteiger partial charge in [-0.2, -0.15) is 0 Å². The minimum absolute atomic E-state index is 0.608. The summed E-state index contributed by atoms with van der Waals surface area (Å²) in [5, 5.41) is 9.36. The highest BCUT2D eigenvalue weighted by Gasteiger charge is 2.24. The van der Waals surface area contributed by atoms with E-state index in [2.05, 4.69) is 211 Å². The van der Waals surface area contributed by atoms with Gasteiger partial charge in [0.15, 0.2) is 17.5 Å². The molecule has 11 aromatic carbocycles. The van der Waals surface area contributed by atoms with E-state index in [4.69, 9.17) is 15.0 Å². The van der Waals surface area contributed by atoms with E-state index < -0.39 is 0 Å². The van der Waals surface area contributed by atoms with Gasteiger partial charge in [0, 0.05) is 38.2 Å². The fraction of sp³-hybridized carbons (Fsp3) is 0. The SMILES string of the molecule is c1ccc(-c2cccc(-c3ccc4c(-n5c6cc7ccccc7cc6c6ccc7ccccc7c65)cc(-c5ccccc5)c(-c5nc(-c6ccccc6)nc(-c6ccccc6)n5)c4c3)c2)cc1. The molecule has 0 aliphatic rings. The molecule has 0 saturated heterocycles. The van der Waals surface area contributed by atoms with Crippen LogP contribution in [0.3, 0.4) is 0 Å². The van der Waals surface area contributed by atoms with Crippen molar-refractivity contribution in [1.82, 2.24) is 19.5 Å². The second-order valence-corrected chi connectivity index (χ2v) is 17.2. The van der Waals surface area contributed by atoms with E-state index in [1.165, 1.54) is 49.0 Å². The van der Waals surface area contributed by atoms with Gasteiger partial charge in [-0.1, -0.05) is 212 Å². The average Bonchev–Trinajstić information content (AvgIpc) is 3.73. The van der Waals surface area contributed by atoms with Gasteiger partial charge in [0.05, 0.1) is 16.7 Å². The number of nitrogens with zero attached hydrogens (tertiary/aromatic N) is 4. The Balaban J connectivity index is 1.19. The third-order valence-electron chi connectivity index (χ3n) is 13.2. The predicted molar refractivity (Wildman–Crippen MR) is 279 cm³/mol. The molecule has 2 heterocycles. The Morgan fingerprint density at radius 1 is 0.269 bits per heavy atom. The van der Waals surface area contributed by atoms with Gasteiger partial charge in [-0.3, -0.25) is 0 Å². The van der Waals surface area contributed by atoms with Gasteiger partial charge < -0.3 is 4.57 Å². The molecule has 4 nitrogen and oxygen atoms in total. The fourth-order valence-electron chi connectivity index (χ4n) is 10.00. The molecule has 0 radical (unpaired) electrons. The van der Waals surface area contributed by atoms with Crippen LogP contribution in [0, 0.1) is 0 Å². The molecule has 67 heavy (non-hydrogen) atoms. The topological polar surface area (TPSA) is 43.6 Å². The van der Waals surface area contributed by atoms with Gasteiger partial charge >= 0.3 is 0 Å². The summed E-state index contributed by atoms with van der Waals surface area (Å²) in [7, 11) is 0. The largest absolute Gasteiger partial charge is 0.308 e. The Kier molecular flexibility index (Phi) is 9.14. The molecule has 13 rings (SSSR count). The second-order valence-electron chi connectivity index (χ2n) is 17.2. The van der Waals surface area contributed by atoms with Crippen molar-refractivity contribution < 1.29 is 0 Å². The monoisotopic (exact) mass is 852 g/mol. The minimum atomic E-state index is 0.608. The smallest absolute Gasteiger partial charge is 0.165 e. The van der Waals surface area contributed by atoms with Crippen LogP contribution in [0.4, 0.5) is 0 Å². The standard InChI is InChI=1S/C63H40N4/c1-5-18-41(19-6-1)46-29-17-30-47(36-46)50-33-34-52-56(38-50)59(63-65-61(44-23-9-3-10-24-44)64-62(66-63)45-25-11-4-12-26-45)54(42-20-7-2-8-21-42)40-58(52)67-57-39-49-28-14-13-27-48(49)37-55(57)53-35-32-43-22-15-16-31-51(43)60(53)67/h1-40H. The van der Waals surface area contributed by atoms with Crippen LogP contribution in [-0.2, 0) is 0 Å². The molecule has 13 aromatic rings. The summed E-state index contributed by atoms with van der Waals surface area (Å²) >= 11 is 0. The zero-order valence-corrected chi connectivity index (χ0v) is 36.4. The maximum Gasteiger partial charge on any atom is 0.165 e. The van der Waals surface area contributed by atoms with Crippen molar-refractivity contribution in [2.24, 2.45) is 0 Å². The maximum atomic E-state index is 5.43. The number of rotatable bonds is 7. The summed E-state index contributed by atoms with van der Waals surface area (Å²) in [4.78, 5) is 16.0. The van der Waals surface area contributed by atoms with Crippen molar-refractivity contribution >= 4 is 54.1 Å². The highest BCUT2D eigenvalue weighted by Crippen LogP contribution is 2.46. The van der Waals surface area contributed by atoms with Crippen molar-refractivity contribution in [3.8, 4) is 73.2 Å². The van der Waals surface area contributed by atoms with E-state index >= 15 is 0 Å². The molecule has 0 N–H and O–H groups in total. The molecule has 0 unspecified atom stereocenters. The lowest BCUT2D eigenvalue weighted by molar-refractivity contribution is 1.08. The van der Waals surface area contributed by atoms with Crippen LogP contribution >= 0.6 is 0 Å². The molecule has 0 bridgehead atoms. The quantitative estimate of drug-likeness (QED) is 0.160. The summed E-state index contributed by atoms with van der Waals surface area (Å²) in [6, 6.07) is 86.8. The van der Waals surface area contributed by atoms with E-state index in [1.807, 2.05) is 36.4 Å². The zero-order chi connectivity index (χ0) is 44.3. The fourth-order valence-corrected chi connectivity index (χ4v) is 10.00. The van der Waals surface area contributed by atoms with Crippen molar-refractivity contribution in [3.05, 3.63) is 243 Å². The highest BCUT2D eigenvalue weighted by molar-refractivity contribution is 6.22. The summed E-state index contributed by atoms with van der Waals surface area (Å²) in [5.41, 5.74) is 12.9. The minimum Gasteiger partial charge on any atom is -0.308 e. The van der Waals surface area contributed by atoms with Gasteiger partial charge in [-0.25, -0.2) is 15.0 Å². The number of hydrogen-bond donors (Lipinski definition) is 0. The first kappa shape index (κ1) is 38.5. The van der Waals surface area contributed by atoms with Gasteiger partial charge in [0.25, 0.3) is 0 Å². The number of hydrogen-bond acceptors (Lipinski definition) is 3. The Hall–Kier alpha value is -8.99. The average molecular weight is 853 g/mol. The molecule has 0 spiro atoms. The molecule has 0 amide bonds. The number of fused-ring (bicyclic) bond motifs is 7. The van der Waals surface area contributed by atoms with Crippen LogP contribution in [0.5, 0.6) is 0 Å². The first-order valence-corrected chi connectivity index (χ1v) is 22.8. The van der Waals surface area contributed by atoms with Crippen LogP contribution in [-0.4, -0.2) is 19.5 Å². The Labute approximate surface area is 387 Å². The molecule has 0 aliphatic carbocycles. The van der Waals surface area contributed by atoms with Gasteiger partial charge in [0.1, 0.15) is 0 Å². The highest BCUT2D eigenvalue weighted by atomic mass is 15.0.